The molecule has 0 radical (unpaired) electrons. The molecular weight excluding hydrogens is 220 g/mol. The summed E-state index contributed by atoms with van der Waals surface area (Å²) >= 11 is 0. The maximum Gasteiger partial charge on any atom is 0.119 e. The van der Waals surface area contributed by atoms with E-state index < -0.39 is 0 Å². The molecule has 0 aliphatic carbocycles. The van der Waals surface area contributed by atoms with E-state index in [2.05, 4.69) is 50.3 Å². The maximum atomic E-state index is 5.68. The number of rotatable bonds is 8. The molecule has 0 atom stereocenters. The van der Waals surface area contributed by atoms with Gasteiger partial charge in [-0.15, -0.1) is 0 Å². The summed E-state index contributed by atoms with van der Waals surface area (Å²) in [7, 11) is 0. The zero-order valence-corrected chi connectivity index (χ0v) is 11.6. The summed E-state index contributed by atoms with van der Waals surface area (Å²) in [4.78, 5) is 0. The van der Waals surface area contributed by atoms with Gasteiger partial charge in [0.1, 0.15) is 5.75 Å². The van der Waals surface area contributed by atoms with E-state index in [4.69, 9.17) is 4.74 Å². The predicted molar refractivity (Wildman–Crippen MR) is 79.9 cm³/mol. The summed E-state index contributed by atoms with van der Waals surface area (Å²) in [5.41, 5.74) is 1.20. The zero-order chi connectivity index (χ0) is 13.1. The first kappa shape index (κ1) is 14.6. The lowest BCUT2D eigenvalue weighted by atomic mass is 10.2. The van der Waals surface area contributed by atoms with Crippen molar-refractivity contribution in [2.45, 2.75) is 39.5 Å². The second-order valence-electron chi connectivity index (χ2n) is 4.29. The van der Waals surface area contributed by atoms with Gasteiger partial charge >= 0.3 is 0 Å². The minimum atomic E-state index is 0.808. The number of hydrogen-bond donors (Lipinski definition) is 0. The van der Waals surface area contributed by atoms with E-state index in [0.717, 1.165) is 31.6 Å². The number of ether oxygens (including phenoxy) is 1. The molecule has 1 aromatic rings. The summed E-state index contributed by atoms with van der Waals surface area (Å²) in [6.07, 6.45) is 13.1. The molecule has 0 bridgehead atoms. The minimum Gasteiger partial charge on any atom is -0.494 e. The van der Waals surface area contributed by atoms with Gasteiger partial charge in [0.25, 0.3) is 0 Å². The topological polar surface area (TPSA) is 9.23 Å². The summed E-state index contributed by atoms with van der Waals surface area (Å²) in [5.74, 6) is 0.967. The van der Waals surface area contributed by atoms with E-state index in [0.29, 0.717) is 0 Å². The Balaban J connectivity index is 2.45. The molecular formula is C17H24O. The molecule has 0 aromatic heterocycles. The Morgan fingerprint density at radius 3 is 2.78 bits per heavy atom. The second kappa shape index (κ2) is 9.52. The van der Waals surface area contributed by atoms with Gasteiger partial charge < -0.3 is 4.74 Å². The van der Waals surface area contributed by atoms with Gasteiger partial charge in [0.05, 0.1) is 6.61 Å². The van der Waals surface area contributed by atoms with Crippen LogP contribution in [-0.4, -0.2) is 6.61 Å². The Morgan fingerprint density at radius 1 is 1.11 bits per heavy atom. The number of unbranched alkanes of at least 4 members (excludes halogenated alkanes) is 1. The third kappa shape index (κ3) is 6.29. The van der Waals surface area contributed by atoms with E-state index >= 15 is 0 Å². The van der Waals surface area contributed by atoms with Crippen LogP contribution < -0.4 is 4.74 Å². The lowest BCUT2D eigenvalue weighted by Gasteiger charge is -2.05. The first-order valence-corrected chi connectivity index (χ1v) is 6.91. The van der Waals surface area contributed by atoms with Gasteiger partial charge in [-0.05, 0) is 37.0 Å². The van der Waals surface area contributed by atoms with Gasteiger partial charge in [-0.3, -0.25) is 0 Å². The molecule has 1 rings (SSSR count). The van der Waals surface area contributed by atoms with Crippen LogP contribution in [0.25, 0.3) is 6.08 Å². The van der Waals surface area contributed by atoms with E-state index in [1.165, 1.54) is 12.0 Å². The van der Waals surface area contributed by atoms with Crippen molar-refractivity contribution in [3.8, 4) is 5.75 Å². The standard InChI is InChI=1S/C17H24O/c1-3-5-7-8-9-11-16-12-10-13-17(15-16)18-14-6-4-2/h5,7,9-13,15H,3-4,6,8,14H2,1-2H3/b7-5-,11-9?. The fraction of sp³-hybridized carbons (Fsp3) is 0.412. The molecule has 0 aliphatic heterocycles. The van der Waals surface area contributed by atoms with E-state index in [1.54, 1.807) is 0 Å². The summed E-state index contributed by atoms with van der Waals surface area (Å²) < 4.78 is 5.68. The normalized spacial score (nSPS) is 11.4. The van der Waals surface area contributed by atoms with Gasteiger partial charge in [0.2, 0.25) is 0 Å². The van der Waals surface area contributed by atoms with Crippen LogP contribution in [0, 0.1) is 0 Å². The molecule has 0 N–H and O–H groups in total. The molecule has 0 amide bonds. The van der Waals surface area contributed by atoms with E-state index in [-0.39, 0.29) is 0 Å². The highest BCUT2D eigenvalue weighted by Crippen LogP contribution is 2.15. The van der Waals surface area contributed by atoms with Crippen molar-refractivity contribution in [1.82, 2.24) is 0 Å². The van der Waals surface area contributed by atoms with Crippen molar-refractivity contribution in [3.05, 3.63) is 48.1 Å². The maximum absolute atomic E-state index is 5.68. The fourth-order valence-corrected chi connectivity index (χ4v) is 1.59. The molecule has 0 spiro atoms. The molecule has 0 fully saturated rings. The lowest BCUT2D eigenvalue weighted by molar-refractivity contribution is 0.309. The first-order valence-electron chi connectivity index (χ1n) is 6.91. The largest absolute Gasteiger partial charge is 0.494 e. The number of hydrogen-bond acceptors (Lipinski definition) is 1. The van der Waals surface area contributed by atoms with Gasteiger partial charge in [0, 0.05) is 0 Å². The number of allylic oxidation sites excluding steroid dienone is 3. The van der Waals surface area contributed by atoms with Crippen molar-refractivity contribution in [2.75, 3.05) is 6.61 Å². The van der Waals surface area contributed by atoms with Crippen LogP contribution in [0.15, 0.2) is 42.5 Å². The van der Waals surface area contributed by atoms with Gasteiger partial charge in [0.15, 0.2) is 0 Å². The van der Waals surface area contributed by atoms with Gasteiger partial charge in [-0.1, -0.05) is 56.7 Å². The van der Waals surface area contributed by atoms with Crippen LogP contribution >= 0.6 is 0 Å². The van der Waals surface area contributed by atoms with Crippen molar-refractivity contribution >= 4 is 6.08 Å². The van der Waals surface area contributed by atoms with Crippen LogP contribution in [0.5, 0.6) is 5.75 Å². The van der Waals surface area contributed by atoms with Crippen molar-refractivity contribution in [1.29, 1.82) is 0 Å². The van der Waals surface area contributed by atoms with E-state index in [9.17, 15) is 0 Å². The highest BCUT2D eigenvalue weighted by molar-refractivity contribution is 5.51. The molecule has 1 nitrogen and oxygen atoms in total. The Kier molecular flexibility index (Phi) is 7.70. The number of benzene rings is 1. The van der Waals surface area contributed by atoms with Crippen LogP contribution in [0.2, 0.25) is 0 Å². The predicted octanol–water partition coefficient (Wildman–Crippen LogP) is 5.24. The third-order valence-corrected chi connectivity index (χ3v) is 2.61. The highest BCUT2D eigenvalue weighted by Gasteiger charge is 1.93. The quantitative estimate of drug-likeness (QED) is 0.449. The Bertz CT molecular complexity index is 377. The molecule has 1 heteroatoms. The third-order valence-electron chi connectivity index (χ3n) is 2.61. The zero-order valence-electron chi connectivity index (χ0n) is 11.6. The average Bonchev–Trinajstić information content (AvgIpc) is 2.39. The lowest BCUT2D eigenvalue weighted by Crippen LogP contribution is -1.96. The van der Waals surface area contributed by atoms with Crippen molar-refractivity contribution in [3.63, 3.8) is 0 Å². The van der Waals surface area contributed by atoms with E-state index in [1.807, 2.05) is 12.1 Å². The van der Waals surface area contributed by atoms with Crippen molar-refractivity contribution in [2.24, 2.45) is 0 Å². The van der Waals surface area contributed by atoms with Gasteiger partial charge in [-0.25, -0.2) is 0 Å². The van der Waals surface area contributed by atoms with Crippen LogP contribution in [-0.2, 0) is 0 Å². The Hall–Kier alpha value is -1.50. The smallest absolute Gasteiger partial charge is 0.119 e. The molecule has 1 aromatic carbocycles. The van der Waals surface area contributed by atoms with Crippen LogP contribution in [0.4, 0.5) is 0 Å². The molecule has 0 saturated carbocycles. The van der Waals surface area contributed by atoms with Crippen LogP contribution in [0.3, 0.4) is 0 Å². The molecule has 0 heterocycles. The molecule has 18 heavy (non-hydrogen) atoms. The van der Waals surface area contributed by atoms with Crippen molar-refractivity contribution < 1.29 is 4.74 Å². The first-order chi connectivity index (χ1) is 8.86. The average molecular weight is 244 g/mol. The molecule has 0 aliphatic rings. The summed E-state index contributed by atoms with van der Waals surface area (Å²) in [6, 6.07) is 8.26. The minimum absolute atomic E-state index is 0.808. The fourth-order valence-electron chi connectivity index (χ4n) is 1.59. The van der Waals surface area contributed by atoms with Gasteiger partial charge in [-0.2, -0.15) is 0 Å². The monoisotopic (exact) mass is 244 g/mol. The summed E-state index contributed by atoms with van der Waals surface area (Å²) in [6.45, 7) is 5.13. The summed E-state index contributed by atoms with van der Waals surface area (Å²) in [5, 5.41) is 0. The SMILES string of the molecule is CC/C=C\CC=Cc1cccc(OCCCC)c1. The molecule has 0 unspecified atom stereocenters. The molecule has 98 valence electrons. The molecule has 0 saturated heterocycles. The Labute approximate surface area is 111 Å². The Morgan fingerprint density at radius 2 is 2.00 bits per heavy atom. The second-order valence-corrected chi connectivity index (χ2v) is 4.29. The highest BCUT2D eigenvalue weighted by atomic mass is 16.5. The van der Waals surface area contributed by atoms with Crippen LogP contribution in [0.1, 0.15) is 45.1 Å².